The number of imidazole rings is 1. The smallest absolute Gasteiger partial charge is 0.0921 e. The van der Waals surface area contributed by atoms with Gasteiger partial charge in [-0.2, -0.15) is 0 Å². The summed E-state index contributed by atoms with van der Waals surface area (Å²) < 4.78 is 0. The molecule has 0 aromatic carbocycles. The second kappa shape index (κ2) is 8.91. The number of rotatable bonds is 6. The molecule has 0 aliphatic heterocycles. The lowest BCUT2D eigenvalue weighted by Gasteiger charge is -2.21. The van der Waals surface area contributed by atoms with Crippen molar-refractivity contribution >= 4 is 24.8 Å². The zero-order chi connectivity index (χ0) is 12.2. The molecule has 2 saturated carbocycles. The molecule has 0 amide bonds. The molecule has 0 radical (unpaired) electrons. The van der Waals surface area contributed by atoms with Gasteiger partial charge in [0, 0.05) is 17.8 Å². The molecule has 1 aromatic heterocycles. The molecule has 20 heavy (non-hydrogen) atoms. The molecule has 0 spiro atoms. The molecule has 2 N–H and O–H groups in total. The lowest BCUT2D eigenvalue weighted by atomic mass is 9.89. The number of hydrogen-bond donors (Lipinski definition) is 2. The number of hydrogen-bond acceptors (Lipinski definition) is 2. The van der Waals surface area contributed by atoms with Crippen LogP contribution in [0.2, 0.25) is 0 Å². The van der Waals surface area contributed by atoms with Crippen LogP contribution in [0, 0.1) is 11.8 Å². The Bertz CT molecular complexity index is 350. The van der Waals surface area contributed by atoms with Gasteiger partial charge < -0.3 is 10.3 Å². The van der Waals surface area contributed by atoms with Crippen LogP contribution in [0.1, 0.15) is 56.6 Å². The lowest BCUT2D eigenvalue weighted by Crippen LogP contribution is -2.25. The number of aromatic amines is 1. The maximum absolute atomic E-state index is 4.10. The highest BCUT2D eigenvalue weighted by Gasteiger charge is 2.38. The number of aromatic nitrogens is 2. The molecule has 2 fully saturated rings. The van der Waals surface area contributed by atoms with Crippen molar-refractivity contribution in [2.24, 2.45) is 11.8 Å². The Hall–Kier alpha value is -0.250. The van der Waals surface area contributed by atoms with Crippen LogP contribution < -0.4 is 5.32 Å². The van der Waals surface area contributed by atoms with E-state index in [4.69, 9.17) is 0 Å². The average Bonchev–Trinajstić information content (AvgIpc) is 2.98. The summed E-state index contributed by atoms with van der Waals surface area (Å²) >= 11 is 0. The number of nitrogens with zero attached hydrogens (tertiary/aromatic N) is 1. The van der Waals surface area contributed by atoms with E-state index < -0.39 is 0 Å². The minimum atomic E-state index is 0. The van der Waals surface area contributed by atoms with Crippen LogP contribution in [-0.4, -0.2) is 23.1 Å². The van der Waals surface area contributed by atoms with Crippen molar-refractivity contribution in [3.63, 3.8) is 0 Å². The van der Waals surface area contributed by atoms with Crippen LogP contribution in [-0.2, 0) is 0 Å². The van der Waals surface area contributed by atoms with Crippen LogP contribution in [0.25, 0.3) is 0 Å². The second-order valence-corrected chi connectivity index (χ2v) is 6.11. The zero-order valence-electron chi connectivity index (χ0n) is 12.0. The monoisotopic (exact) mass is 319 g/mol. The predicted molar refractivity (Wildman–Crippen MR) is 88.0 cm³/mol. The van der Waals surface area contributed by atoms with Gasteiger partial charge in [-0.1, -0.05) is 19.3 Å². The van der Waals surface area contributed by atoms with Gasteiger partial charge in [0.15, 0.2) is 0 Å². The van der Waals surface area contributed by atoms with E-state index in [0.717, 1.165) is 17.8 Å². The number of halogens is 2. The largest absolute Gasteiger partial charge is 0.348 e. The van der Waals surface area contributed by atoms with E-state index in [2.05, 4.69) is 15.3 Å². The molecule has 2 aliphatic carbocycles. The average molecular weight is 320 g/mol. The first-order chi connectivity index (χ1) is 8.93. The first-order valence-electron chi connectivity index (χ1n) is 7.62. The van der Waals surface area contributed by atoms with Crippen LogP contribution >= 0.6 is 24.8 Å². The Kier molecular flexibility index (Phi) is 7.93. The molecule has 2 atom stereocenters. The molecule has 3 rings (SSSR count). The third-order valence-electron chi connectivity index (χ3n) is 4.69. The Balaban J connectivity index is 0.000001000. The number of nitrogens with one attached hydrogen (secondary N) is 2. The summed E-state index contributed by atoms with van der Waals surface area (Å²) in [6.45, 7) is 2.45. The molecule has 1 aromatic rings. The van der Waals surface area contributed by atoms with Crippen molar-refractivity contribution in [1.82, 2.24) is 15.3 Å². The third-order valence-corrected chi connectivity index (χ3v) is 4.69. The van der Waals surface area contributed by atoms with Gasteiger partial charge in [0.1, 0.15) is 0 Å². The summed E-state index contributed by atoms with van der Waals surface area (Å²) in [5.41, 5.74) is 1.34. The van der Waals surface area contributed by atoms with Crippen LogP contribution in [0.3, 0.4) is 0 Å². The van der Waals surface area contributed by atoms with Crippen molar-refractivity contribution in [2.45, 2.75) is 50.9 Å². The summed E-state index contributed by atoms with van der Waals surface area (Å²) in [5, 5.41) is 3.67. The SMILES string of the molecule is Cl.Cl.c1ncc([C@@H]2C[C@@H]2CCNCC2CCCCC2)[nH]1. The summed E-state index contributed by atoms with van der Waals surface area (Å²) in [4.78, 5) is 7.34. The van der Waals surface area contributed by atoms with Crippen molar-refractivity contribution in [2.75, 3.05) is 13.1 Å². The molecule has 5 heteroatoms. The van der Waals surface area contributed by atoms with E-state index in [9.17, 15) is 0 Å². The van der Waals surface area contributed by atoms with Crippen LogP contribution in [0.4, 0.5) is 0 Å². The first kappa shape index (κ1) is 17.8. The lowest BCUT2D eigenvalue weighted by molar-refractivity contribution is 0.341. The number of H-pyrrole nitrogens is 1. The van der Waals surface area contributed by atoms with Gasteiger partial charge in [-0.15, -0.1) is 24.8 Å². The van der Waals surface area contributed by atoms with E-state index >= 15 is 0 Å². The van der Waals surface area contributed by atoms with E-state index in [1.165, 1.54) is 63.7 Å². The maximum atomic E-state index is 4.10. The summed E-state index contributed by atoms with van der Waals surface area (Å²) in [6, 6.07) is 0. The van der Waals surface area contributed by atoms with Crippen molar-refractivity contribution < 1.29 is 0 Å². The molecule has 3 nitrogen and oxygen atoms in total. The molecule has 2 aliphatic rings. The predicted octanol–water partition coefficient (Wildman–Crippen LogP) is 3.92. The Labute approximate surface area is 134 Å². The van der Waals surface area contributed by atoms with Gasteiger partial charge in [-0.05, 0) is 50.6 Å². The topological polar surface area (TPSA) is 40.7 Å². The second-order valence-electron chi connectivity index (χ2n) is 6.11. The Morgan fingerprint density at radius 1 is 1.20 bits per heavy atom. The Morgan fingerprint density at radius 3 is 2.70 bits per heavy atom. The van der Waals surface area contributed by atoms with E-state index in [1.807, 2.05) is 6.20 Å². The van der Waals surface area contributed by atoms with Crippen LogP contribution in [0.5, 0.6) is 0 Å². The molecule has 0 saturated heterocycles. The minimum Gasteiger partial charge on any atom is -0.348 e. The van der Waals surface area contributed by atoms with Gasteiger partial charge in [0.2, 0.25) is 0 Å². The molecule has 1 heterocycles. The zero-order valence-corrected chi connectivity index (χ0v) is 13.6. The molecular formula is C15H27Cl2N3. The van der Waals surface area contributed by atoms with Gasteiger partial charge in [-0.25, -0.2) is 4.98 Å². The quantitative estimate of drug-likeness (QED) is 0.780. The highest BCUT2D eigenvalue weighted by Crippen LogP contribution is 2.48. The molecule has 116 valence electrons. The summed E-state index contributed by atoms with van der Waals surface area (Å²) in [5.74, 6) is 2.62. The van der Waals surface area contributed by atoms with Gasteiger partial charge in [-0.3, -0.25) is 0 Å². The van der Waals surface area contributed by atoms with E-state index in [-0.39, 0.29) is 24.8 Å². The maximum Gasteiger partial charge on any atom is 0.0921 e. The Morgan fingerprint density at radius 2 is 2.00 bits per heavy atom. The summed E-state index contributed by atoms with van der Waals surface area (Å²) in [7, 11) is 0. The van der Waals surface area contributed by atoms with Gasteiger partial charge in [0.25, 0.3) is 0 Å². The standard InChI is InChI=1S/C15H25N3.2ClH/c1-2-4-12(5-3-1)9-16-7-6-13-8-14(13)15-10-17-11-18-15;;/h10-14,16H,1-9H2,(H,17,18);2*1H/t13-,14+;;/m0../s1. The normalized spacial score (nSPS) is 25.6. The van der Waals surface area contributed by atoms with Crippen molar-refractivity contribution in [3.8, 4) is 0 Å². The third kappa shape index (κ3) is 4.94. The van der Waals surface area contributed by atoms with Gasteiger partial charge >= 0.3 is 0 Å². The minimum absolute atomic E-state index is 0. The fraction of sp³-hybridized carbons (Fsp3) is 0.800. The fourth-order valence-electron chi connectivity index (χ4n) is 3.40. The van der Waals surface area contributed by atoms with E-state index in [1.54, 1.807) is 6.33 Å². The summed E-state index contributed by atoms with van der Waals surface area (Å²) in [6.07, 6.45) is 13.7. The van der Waals surface area contributed by atoms with E-state index in [0.29, 0.717) is 0 Å². The van der Waals surface area contributed by atoms with Crippen molar-refractivity contribution in [1.29, 1.82) is 0 Å². The molecule has 0 unspecified atom stereocenters. The first-order valence-corrected chi connectivity index (χ1v) is 7.62. The fourth-order valence-corrected chi connectivity index (χ4v) is 3.40. The highest BCUT2D eigenvalue weighted by atomic mass is 35.5. The highest BCUT2D eigenvalue weighted by molar-refractivity contribution is 5.85. The van der Waals surface area contributed by atoms with Gasteiger partial charge in [0.05, 0.1) is 6.33 Å². The van der Waals surface area contributed by atoms with Crippen molar-refractivity contribution in [3.05, 3.63) is 18.2 Å². The molecular weight excluding hydrogens is 293 g/mol. The molecule has 0 bridgehead atoms. The van der Waals surface area contributed by atoms with Crippen LogP contribution in [0.15, 0.2) is 12.5 Å².